The molecule has 9 aromatic carbocycles. The SMILES string of the molecule is [C-]#[N+]c1ccc2c(c1)-c1ccc(-c3ccc(-c4nc(-c5ccc(-c6ccccc6)cc5)cc(-c5ccc(-c6ccccc6)cc5)n4)cc3)cc1C2(c1ccccc1)c1ccccc1. The van der Waals surface area contributed by atoms with Crippen LogP contribution >= 0.6 is 0 Å². The highest BCUT2D eigenvalue weighted by molar-refractivity contribution is 5.90. The molecule has 63 heavy (non-hydrogen) atoms. The Morgan fingerprint density at radius 1 is 0.317 bits per heavy atom. The summed E-state index contributed by atoms with van der Waals surface area (Å²) in [7, 11) is 0. The average molecular weight is 802 g/mol. The summed E-state index contributed by atoms with van der Waals surface area (Å²) in [6.45, 7) is 7.85. The van der Waals surface area contributed by atoms with Crippen molar-refractivity contribution < 1.29 is 0 Å². The van der Waals surface area contributed by atoms with Gasteiger partial charge < -0.3 is 0 Å². The van der Waals surface area contributed by atoms with Crippen molar-refractivity contribution in [2.45, 2.75) is 5.41 Å². The maximum Gasteiger partial charge on any atom is 0.187 e. The zero-order valence-corrected chi connectivity index (χ0v) is 34.4. The van der Waals surface area contributed by atoms with Gasteiger partial charge in [-0.25, -0.2) is 14.8 Å². The van der Waals surface area contributed by atoms with Crippen molar-refractivity contribution in [1.82, 2.24) is 9.97 Å². The third-order valence-corrected chi connectivity index (χ3v) is 12.4. The van der Waals surface area contributed by atoms with Gasteiger partial charge in [0, 0.05) is 16.7 Å². The molecule has 0 amide bonds. The van der Waals surface area contributed by atoms with Crippen molar-refractivity contribution >= 4 is 5.69 Å². The molecule has 11 rings (SSSR count). The van der Waals surface area contributed by atoms with Gasteiger partial charge in [-0.2, -0.15) is 0 Å². The quantitative estimate of drug-likeness (QED) is 0.143. The van der Waals surface area contributed by atoms with E-state index in [-0.39, 0.29) is 0 Å². The second-order valence-corrected chi connectivity index (χ2v) is 16.0. The molecule has 0 aliphatic heterocycles. The van der Waals surface area contributed by atoms with E-state index in [1.54, 1.807) is 0 Å². The molecule has 3 nitrogen and oxygen atoms in total. The Kier molecular flexibility index (Phi) is 9.45. The molecule has 0 N–H and O–H groups in total. The van der Waals surface area contributed by atoms with Gasteiger partial charge in [0.2, 0.25) is 0 Å². The van der Waals surface area contributed by atoms with Crippen molar-refractivity contribution in [3.63, 3.8) is 0 Å². The molecule has 0 unspecified atom stereocenters. The van der Waals surface area contributed by atoms with Crippen LogP contribution in [0.15, 0.2) is 237 Å². The fraction of sp³-hybridized carbons (Fsp3) is 0.0167. The highest BCUT2D eigenvalue weighted by atomic mass is 14.9. The molecular weight excluding hydrogens is 763 g/mol. The monoisotopic (exact) mass is 801 g/mol. The van der Waals surface area contributed by atoms with Gasteiger partial charge in [0.1, 0.15) is 0 Å². The molecule has 0 saturated carbocycles. The molecule has 0 fully saturated rings. The predicted octanol–water partition coefficient (Wildman–Crippen LogP) is 15.4. The third kappa shape index (κ3) is 6.72. The average Bonchev–Trinajstić information content (AvgIpc) is 3.67. The summed E-state index contributed by atoms with van der Waals surface area (Å²) in [6, 6.07) is 83.4. The summed E-state index contributed by atoms with van der Waals surface area (Å²) in [5.74, 6) is 0.667. The minimum Gasteiger partial charge on any atom is -0.238 e. The lowest BCUT2D eigenvalue weighted by atomic mass is 9.67. The number of aromatic nitrogens is 2. The van der Waals surface area contributed by atoms with E-state index >= 15 is 0 Å². The second-order valence-electron chi connectivity index (χ2n) is 16.0. The number of benzene rings is 9. The molecular formula is C60H39N3. The predicted molar refractivity (Wildman–Crippen MR) is 258 cm³/mol. The Labute approximate surface area is 368 Å². The van der Waals surface area contributed by atoms with E-state index in [2.05, 4.69) is 223 Å². The molecule has 10 aromatic rings. The van der Waals surface area contributed by atoms with Gasteiger partial charge in [-0.05, 0) is 85.0 Å². The van der Waals surface area contributed by atoms with Crippen molar-refractivity contribution in [2.24, 2.45) is 0 Å². The molecule has 1 aliphatic rings. The Bertz CT molecular complexity index is 3140. The zero-order valence-electron chi connectivity index (χ0n) is 34.4. The first-order valence-corrected chi connectivity index (χ1v) is 21.3. The van der Waals surface area contributed by atoms with Crippen molar-refractivity contribution in [2.75, 3.05) is 0 Å². The van der Waals surface area contributed by atoms with E-state index in [9.17, 15) is 0 Å². The van der Waals surface area contributed by atoms with Crippen molar-refractivity contribution in [3.8, 4) is 78.4 Å². The zero-order chi connectivity index (χ0) is 42.2. The van der Waals surface area contributed by atoms with Crippen LogP contribution in [0.25, 0.3) is 83.3 Å². The Morgan fingerprint density at radius 3 is 1.22 bits per heavy atom. The summed E-state index contributed by atoms with van der Waals surface area (Å²) >= 11 is 0. The van der Waals surface area contributed by atoms with Gasteiger partial charge in [-0.15, -0.1) is 0 Å². The molecule has 0 atom stereocenters. The van der Waals surface area contributed by atoms with Crippen LogP contribution in [0.3, 0.4) is 0 Å². The highest BCUT2D eigenvalue weighted by Crippen LogP contribution is 2.57. The van der Waals surface area contributed by atoms with Crippen LogP contribution in [0, 0.1) is 6.57 Å². The molecule has 1 aliphatic carbocycles. The van der Waals surface area contributed by atoms with Crippen LogP contribution in [0.1, 0.15) is 22.3 Å². The minimum atomic E-state index is -0.563. The fourth-order valence-electron chi connectivity index (χ4n) is 9.34. The van der Waals surface area contributed by atoms with Crippen LogP contribution in [0.4, 0.5) is 5.69 Å². The van der Waals surface area contributed by atoms with E-state index in [0.717, 1.165) is 61.5 Å². The van der Waals surface area contributed by atoms with Crippen LogP contribution < -0.4 is 0 Å². The smallest absolute Gasteiger partial charge is 0.187 e. The van der Waals surface area contributed by atoms with Crippen LogP contribution in [-0.2, 0) is 5.41 Å². The first kappa shape index (κ1) is 37.5. The number of hydrogen-bond acceptors (Lipinski definition) is 2. The second kappa shape index (κ2) is 15.9. The topological polar surface area (TPSA) is 30.1 Å². The standard InChI is InChI=1S/C60H39N3/c1-61-52-35-37-55-54(39-52)53-36-34-49(38-56(53)60(55,50-18-10-4-11-19-50)51-20-12-5-13-21-51)45-26-32-48(33-27-45)59-62-57(46-28-22-43(23-29-46)41-14-6-2-7-15-41)40-58(63-59)47-30-24-44(25-31-47)42-16-8-3-9-17-42/h2-40H. The fourth-order valence-corrected chi connectivity index (χ4v) is 9.34. The molecule has 0 bridgehead atoms. The molecule has 0 saturated heterocycles. The normalized spacial score (nSPS) is 12.2. The maximum atomic E-state index is 7.85. The van der Waals surface area contributed by atoms with E-state index in [1.807, 2.05) is 18.2 Å². The lowest BCUT2D eigenvalue weighted by Gasteiger charge is -2.34. The van der Waals surface area contributed by atoms with Crippen molar-refractivity contribution in [1.29, 1.82) is 0 Å². The Hall–Kier alpha value is -8.45. The van der Waals surface area contributed by atoms with E-state index < -0.39 is 5.41 Å². The molecule has 294 valence electrons. The number of fused-ring (bicyclic) bond motifs is 3. The first-order valence-electron chi connectivity index (χ1n) is 21.3. The van der Waals surface area contributed by atoms with Gasteiger partial charge in [0.15, 0.2) is 11.5 Å². The number of rotatable bonds is 8. The third-order valence-electron chi connectivity index (χ3n) is 12.4. The van der Waals surface area contributed by atoms with E-state index in [1.165, 1.54) is 33.4 Å². The molecule has 0 spiro atoms. The van der Waals surface area contributed by atoms with Gasteiger partial charge in [-0.1, -0.05) is 218 Å². The largest absolute Gasteiger partial charge is 0.238 e. The van der Waals surface area contributed by atoms with E-state index in [0.29, 0.717) is 11.5 Å². The molecule has 1 aromatic heterocycles. The molecule has 1 heterocycles. The summed E-state index contributed by atoms with van der Waals surface area (Å²) in [5.41, 5.74) is 18.7. The maximum absolute atomic E-state index is 7.85. The first-order chi connectivity index (χ1) is 31.2. The summed E-state index contributed by atoms with van der Waals surface area (Å²) < 4.78 is 0. The molecule has 0 radical (unpaired) electrons. The van der Waals surface area contributed by atoms with Gasteiger partial charge in [0.05, 0.1) is 23.4 Å². The van der Waals surface area contributed by atoms with Crippen LogP contribution in [0.5, 0.6) is 0 Å². The van der Waals surface area contributed by atoms with Gasteiger partial charge in [-0.3, -0.25) is 0 Å². The summed E-state index contributed by atoms with van der Waals surface area (Å²) in [5, 5.41) is 0. The number of nitrogens with zero attached hydrogens (tertiary/aromatic N) is 3. The summed E-state index contributed by atoms with van der Waals surface area (Å²) in [4.78, 5) is 14.2. The lowest BCUT2D eigenvalue weighted by molar-refractivity contribution is 0.769. The number of hydrogen-bond donors (Lipinski definition) is 0. The highest BCUT2D eigenvalue weighted by Gasteiger charge is 2.46. The Balaban J connectivity index is 1.00. The molecule has 3 heteroatoms. The van der Waals surface area contributed by atoms with Crippen LogP contribution in [-0.4, -0.2) is 9.97 Å². The van der Waals surface area contributed by atoms with Gasteiger partial charge in [0.25, 0.3) is 0 Å². The lowest BCUT2D eigenvalue weighted by Crippen LogP contribution is -2.28. The summed E-state index contributed by atoms with van der Waals surface area (Å²) in [6.07, 6.45) is 0. The van der Waals surface area contributed by atoms with E-state index in [4.69, 9.17) is 16.5 Å². The van der Waals surface area contributed by atoms with Crippen molar-refractivity contribution in [3.05, 3.63) is 270 Å². The van der Waals surface area contributed by atoms with Crippen LogP contribution in [0.2, 0.25) is 0 Å². The Morgan fingerprint density at radius 2 is 0.730 bits per heavy atom. The minimum absolute atomic E-state index is 0.563. The van der Waals surface area contributed by atoms with Gasteiger partial charge >= 0.3 is 0 Å².